The number of alkyl halides is 1. The van der Waals surface area contributed by atoms with Gasteiger partial charge in [0.25, 0.3) is 0 Å². The van der Waals surface area contributed by atoms with Crippen LogP contribution in [0.2, 0.25) is 0 Å². The van der Waals surface area contributed by atoms with Gasteiger partial charge in [0.1, 0.15) is 0 Å². The van der Waals surface area contributed by atoms with Crippen LogP contribution in [0.25, 0.3) is 0 Å². The molecule has 0 N–H and O–H groups in total. The quantitative estimate of drug-likeness (QED) is 0.466. The Morgan fingerprint density at radius 1 is 1.24 bits per heavy atom. The fraction of sp³-hybridized carbons (Fsp3) is 0.826. The Kier molecular flexibility index (Phi) is 6.69. The van der Waals surface area contributed by atoms with Gasteiger partial charge in [-0.25, -0.2) is 0 Å². The number of allylic oxidation sites excluding steroid dienone is 1. The molecular formula is C23H38ClN3O2. The van der Waals surface area contributed by atoms with Gasteiger partial charge in [-0.15, -0.1) is 11.6 Å². The second-order valence-electron chi connectivity index (χ2n) is 10.4. The van der Waals surface area contributed by atoms with E-state index in [4.69, 9.17) is 11.6 Å². The molecule has 2 amide bonds. The molecule has 29 heavy (non-hydrogen) atoms. The minimum absolute atomic E-state index is 0.142. The molecule has 1 aliphatic heterocycles. The van der Waals surface area contributed by atoms with Crippen molar-refractivity contribution in [1.82, 2.24) is 14.7 Å². The first-order valence-electron chi connectivity index (χ1n) is 11.1. The molecule has 0 aromatic carbocycles. The SMILES string of the molecule is CC(=O)N(CCN1CCN(C(=O)C(C)(C)CCl)CC1)CC1=CCC2CC1C2(C)C. The monoisotopic (exact) mass is 423 g/mol. The van der Waals surface area contributed by atoms with Crippen LogP contribution in [0.1, 0.15) is 47.5 Å². The molecule has 1 saturated carbocycles. The van der Waals surface area contributed by atoms with Crippen LogP contribution in [-0.2, 0) is 9.59 Å². The molecule has 6 heteroatoms. The number of fused-ring (bicyclic) bond motifs is 1. The largest absolute Gasteiger partial charge is 0.340 e. The number of carbonyl (C=O) groups is 2. The van der Waals surface area contributed by atoms with E-state index in [-0.39, 0.29) is 11.8 Å². The molecular weight excluding hydrogens is 386 g/mol. The summed E-state index contributed by atoms with van der Waals surface area (Å²) < 4.78 is 0. The van der Waals surface area contributed by atoms with E-state index in [0.717, 1.165) is 51.7 Å². The molecule has 1 heterocycles. The van der Waals surface area contributed by atoms with E-state index in [1.807, 2.05) is 23.6 Å². The van der Waals surface area contributed by atoms with Crippen molar-refractivity contribution in [3.8, 4) is 0 Å². The molecule has 4 aliphatic rings. The van der Waals surface area contributed by atoms with E-state index in [0.29, 0.717) is 17.2 Å². The summed E-state index contributed by atoms with van der Waals surface area (Å²) in [6.45, 7) is 15.8. The molecule has 0 aromatic heterocycles. The van der Waals surface area contributed by atoms with Crippen LogP contribution in [0.4, 0.5) is 0 Å². The lowest BCUT2D eigenvalue weighted by Gasteiger charge is -2.57. The molecule has 5 nitrogen and oxygen atoms in total. The van der Waals surface area contributed by atoms with E-state index in [9.17, 15) is 9.59 Å². The number of halogens is 1. The Morgan fingerprint density at radius 3 is 2.41 bits per heavy atom. The van der Waals surface area contributed by atoms with E-state index >= 15 is 0 Å². The van der Waals surface area contributed by atoms with Gasteiger partial charge in [0.05, 0.1) is 5.41 Å². The first kappa shape index (κ1) is 22.6. The van der Waals surface area contributed by atoms with Gasteiger partial charge in [-0.3, -0.25) is 14.5 Å². The molecule has 2 bridgehead atoms. The predicted octanol–water partition coefficient (Wildman–Crippen LogP) is 3.24. The number of hydrogen-bond donors (Lipinski definition) is 0. The zero-order chi connectivity index (χ0) is 21.4. The molecule has 0 spiro atoms. The smallest absolute Gasteiger partial charge is 0.229 e. The van der Waals surface area contributed by atoms with Gasteiger partial charge in [0.15, 0.2) is 0 Å². The van der Waals surface area contributed by atoms with Crippen LogP contribution >= 0.6 is 11.6 Å². The number of amides is 2. The van der Waals surface area contributed by atoms with Gasteiger partial charge >= 0.3 is 0 Å². The molecule has 0 aromatic rings. The van der Waals surface area contributed by atoms with Gasteiger partial charge < -0.3 is 9.80 Å². The van der Waals surface area contributed by atoms with Crippen molar-refractivity contribution >= 4 is 23.4 Å². The van der Waals surface area contributed by atoms with Gasteiger partial charge in [-0.2, -0.15) is 0 Å². The van der Waals surface area contributed by atoms with E-state index in [1.165, 1.54) is 18.4 Å². The van der Waals surface area contributed by atoms with E-state index in [1.54, 1.807) is 6.92 Å². The molecule has 2 atom stereocenters. The van der Waals surface area contributed by atoms with Crippen molar-refractivity contribution in [3.63, 3.8) is 0 Å². The molecule has 2 fully saturated rings. The summed E-state index contributed by atoms with van der Waals surface area (Å²) in [6, 6.07) is 0. The third kappa shape index (κ3) is 4.66. The van der Waals surface area contributed by atoms with Crippen molar-refractivity contribution in [2.45, 2.75) is 47.5 Å². The lowest BCUT2D eigenvalue weighted by molar-refractivity contribution is -0.141. The van der Waals surface area contributed by atoms with Crippen LogP contribution < -0.4 is 0 Å². The van der Waals surface area contributed by atoms with Crippen molar-refractivity contribution in [2.75, 3.05) is 51.7 Å². The Morgan fingerprint density at radius 2 is 1.90 bits per heavy atom. The van der Waals surface area contributed by atoms with Gasteiger partial charge in [-0.1, -0.05) is 25.5 Å². The first-order chi connectivity index (χ1) is 13.6. The highest BCUT2D eigenvalue weighted by atomic mass is 35.5. The standard InChI is InChI=1S/C23H38ClN3O2/c1-17(28)27(15-18-6-7-19-14-20(18)23(19,4)5)13-10-25-8-11-26(12-9-25)21(29)22(2,3)16-24/h6,19-20H,7-16H2,1-5H3. The van der Waals surface area contributed by atoms with Crippen LogP contribution in [0.5, 0.6) is 0 Å². The summed E-state index contributed by atoms with van der Waals surface area (Å²) in [4.78, 5) is 31.2. The number of rotatable bonds is 7. The summed E-state index contributed by atoms with van der Waals surface area (Å²) in [7, 11) is 0. The van der Waals surface area contributed by atoms with Crippen molar-refractivity contribution < 1.29 is 9.59 Å². The number of carbonyl (C=O) groups excluding carboxylic acids is 2. The van der Waals surface area contributed by atoms with Crippen molar-refractivity contribution in [1.29, 1.82) is 0 Å². The maximum Gasteiger partial charge on any atom is 0.229 e. The minimum atomic E-state index is -0.503. The Labute approximate surface area is 181 Å². The molecule has 164 valence electrons. The second-order valence-corrected chi connectivity index (χ2v) is 10.7. The fourth-order valence-corrected chi connectivity index (χ4v) is 5.26. The molecule has 4 rings (SSSR count). The van der Waals surface area contributed by atoms with Gasteiger partial charge in [0, 0.05) is 58.6 Å². The highest BCUT2D eigenvalue weighted by Gasteiger charge is 2.51. The average Bonchev–Trinajstić information content (AvgIpc) is 2.70. The molecule has 1 saturated heterocycles. The minimum Gasteiger partial charge on any atom is -0.340 e. The molecule has 2 unspecified atom stereocenters. The van der Waals surface area contributed by atoms with Crippen LogP contribution in [0, 0.1) is 22.7 Å². The summed E-state index contributed by atoms with van der Waals surface area (Å²) in [6.07, 6.45) is 4.85. The summed E-state index contributed by atoms with van der Waals surface area (Å²) >= 11 is 5.96. The van der Waals surface area contributed by atoms with E-state index in [2.05, 4.69) is 24.8 Å². The lowest BCUT2D eigenvalue weighted by atomic mass is 9.49. The van der Waals surface area contributed by atoms with Gasteiger partial charge in [0.2, 0.25) is 11.8 Å². The van der Waals surface area contributed by atoms with Crippen LogP contribution in [0.3, 0.4) is 0 Å². The predicted molar refractivity (Wildman–Crippen MR) is 118 cm³/mol. The summed E-state index contributed by atoms with van der Waals surface area (Å²) in [5, 5.41) is 0. The normalized spacial score (nSPS) is 26.6. The number of nitrogens with zero attached hydrogens (tertiary/aromatic N) is 3. The van der Waals surface area contributed by atoms with Crippen molar-refractivity contribution in [2.24, 2.45) is 22.7 Å². The number of piperazine rings is 1. The maximum absolute atomic E-state index is 12.6. The highest BCUT2D eigenvalue weighted by Crippen LogP contribution is 2.59. The first-order valence-corrected chi connectivity index (χ1v) is 11.6. The highest BCUT2D eigenvalue weighted by molar-refractivity contribution is 6.19. The zero-order valence-electron chi connectivity index (χ0n) is 18.8. The summed E-state index contributed by atoms with van der Waals surface area (Å²) in [5.41, 5.74) is 1.36. The Balaban J connectivity index is 1.48. The maximum atomic E-state index is 12.6. The Hall–Kier alpha value is -1.07. The van der Waals surface area contributed by atoms with Crippen LogP contribution in [0.15, 0.2) is 11.6 Å². The number of hydrogen-bond acceptors (Lipinski definition) is 3. The molecule has 3 aliphatic carbocycles. The zero-order valence-corrected chi connectivity index (χ0v) is 19.6. The Bertz CT molecular complexity index is 665. The second kappa shape index (κ2) is 8.58. The molecule has 0 radical (unpaired) electrons. The lowest BCUT2D eigenvalue weighted by Crippen LogP contribution is -2.54. The third-order valence-electron chi connectivity index (χ3n) is 7.66. The summed E-state index contributed by atoms with van der Waals surface area (Å²) in [5.74, 6) is 2.10. The third-order valence-corrected chi connectivity index (χ3v) is 8.33. The van der Waals surface area contributed by atoms with Crippen molar-refractivity contribution in [3.05, 3.63) is 11.6 Å². The fourth-order valence-electron chi connectivity index (χ4n) is 5.15. The van der Waals surface area contributed by atoms with Crippen LogP contribution in [-0.4, -0.2) is 78.2 Å². The topological polar surface area (TPSA) is 43.9 Å². The van der Waals surface area contributed by atoms with E-state index < -0.39 is 5.41 Å². The van der Waals surface area contributed by atoms with Gasteiger partial charge in [-0.05, 0) is 43.9 Å². The average molecular weight is 424 g/mol.